The summed E-state index contributed by atoms with van der Waals surface area (Å²) in [6, 6.07) is 7.88. The van der Waals surface area contributed by atoms with Gasteiger partial charge in [0.15, 0.2) is 5.78 Å². The lowest BCUT2D eigenvalue weighted by Crippen LogP contribution is -2.60. The number of hydrogen-bond donors (Lipinski definition) is 1. The van der Waals surface area contributed by atoms with Crippen LogP contribution in [0.1, 0.15) is 18.4 Å². The van der Waals surface area contributed by atoms with Gasteiger partial charge in [-0.15, -0.1) is 0 Å². The van der Waals surface area contributed by atoms with Gasteiger partial charge in [0.05, 0.1) is 21.2 Å². The fourth-order valence-corrected chi connectivity index (χ4v) is 4.70. The van der Waals surface area contributed by atoms with Gasteiger partial charge in [-0.05, 0) is 17.2 Å². The van der Waals surface area contributed by atoms with Gasteiger partial charge in [-0.1, -0.05) is 41.4 Å². The second-order valence-electron chi connectivity index (χ2n) is 7.12. The predicted molar refractivity (Wildman–Crippen MR) is 88.8 cm³/mol. The van der Waals surface area contributed by atoms with Crippen molar-refractivity contribution in [2.45, 2.75) is 28.8 Å². The topological polar surface area (TPSA) is 43.1 Å². The van der Waals surface area contributed by atoms with Gasteiger partial charge in [-0.3, -0.25) is 4.79 Å². The smallest absolute Gasteiger partial charge is 0.284 e. The fourth-order valence-electron chi connectivity index (χ4n) is 4.26. The molecule has 1 aromatic carbocycles. The van der Waals surface area contributed by atoms with Crippen LogP contribution in [0.5, 0.6) is 0 Å². The van der Waals surface area contributed by atoms with E-state index in [0.29, 0.717) is 6.42 Å². The minimum absolute atomic E-state index is 0.0378. The van der Waals surface area contributed by atoms with Gasteiger partial charge < -0.3 is 5.73 Å². The summed E-state index contributed by atoms with van der Waals surface area (Å²) in [6.07, 6.45) is 1.19. The van der Waals surface area contributed by atoms with E-state index in [9.17, 15) is 4.79 Å². The number of Topliss-reactive ketones (excluding diaryl/α,β-unsaturated/α-hetero) is 1. The van der Waals surface area contributed by atoms with E-state index in [1.54, 1.807) is 0 Å². The monoisotopic (exact) mass is 269 g/mol. The number of carbonyl (C=O) groups excluding carboxylic acids is 1. The van der Waals surface area contributed by atoms with E-state index in [4.69, 9.17) is 17.2 Å². The highest BCUT2D eigenvalue weighted by molar-refractivity contribution is 7.19. The molecule has 0 radical (unpaired) electrons. The van der Waals surface area contributed by atoms with Gasteiger partial charge in [-0.25, -0.2) is 0 Å². The Bertz CT molecular complexity index is 581. The second kappa shape index (κ2) is 3.73. The third-order valence-corrected chi connectivity index (χ3v) is 5.76. The summed E-state index contributed by atoms with van der Waals surface area (Å²) in [5.41, 5.74) is 7.66. The maximum Gasteiger partial charge on any atom is 0.284 e. The minimum Gasteiger partial charge on any atom is -0.316 e. The number of hydrogen-bond acceptors (Lipinski definition) is 2. The number of rotatable bonds is 0. The molecule has 7 heteroatoms. The van der Waals surface area contributed by atoms with E-state index in [-0.39, 0.29) is 17.1 Å². The van der Waals surface area contributed by atoms with Gasteiger partial charge in [0, 0.05) is 0 Å². The largest absolute Gasteiger partial charge is 0.316 e. The van der Waals surface area contributed by atoms with Gasteiger partial charge in [0.1, 0.15) is 7.85 Å². The average molecular weight is 269 g/mol. The molecule has 0 bridgehead atoms. The molecule has 3 rings (SSSR count). The van der Waals surface area contributed by atoms with Crippen LogP contribution in [0.15, 0.2) is 24.3 Å². The number of nitrogens with two attached hydrogens (primary N) is 1. The van der Waals surface area contributed by atoms with Crippen LogP contribution in [0.25, 0.3) is 0 Å². The molecule has 1 fully saturated rings. The molecule has 0 saturated heterocycles. The first-order chi connectivity index (χ1) is 8.72. The first kappa shape index (κ1) is 13.4. The van der Waals surface area contributed by atoms with Crippen LogP contribution in [0.4, 0.5) is 0 Å². The van der Waals surface area contributed by atoms with Crippen molar-refractivity contribution in [3.63, 3.8) is 0 Å². The normalized spacial score (nSPS) is 35.9. The lowest BCUT2D eigenvalue weighted by Gasteiger charge is -2.51. The quantitative estimate of drug-likeness (QED) is 0.574. The molecule has 94 valence electrons. The molecule has 1 aliphatic carbocycles. The summed E-state index contributed by atoms with van der Waals surface area (Å²) < 4.78 is 0. The van der Waals surface area contributed by atoms with Gasteiger partial charge >= 0.3 is 0 Å². The molecular formula is C12H16B4ClNO. The maximum absolute atomic E-state index is 12.7. The Morgan fingerprint density at radius 2 is 1.89 bits per heavy atom. The van der Waals surface area contributed by atoms with Gasteiger partial charge in [0.25, 0.3) is 6.13 Å². The van der Waals surface area contributed by atoms with Crippen molar-refractivity contribution >= 4 is 52.4 Å². The summed E-state index contributed by atoms with van der Waals surface area (Å²) in [5.74, 6) is 0.127. The number of halogens is 1. The Kier molecular flexibility index (Phi) is 2.63. The van der Waals surface area contributed by atoms with Crippen LogP contribution < -0.4 is 11.2 Å². The zero-order valence-corrected chi connectivity index (χ0v) is 12.4. The highest BCUT2D eigenvalue weighted by Gasteiger charge is 2.66. The van der Waals surface area contributed by atoms with Crippen LogP contribution in [0, 0.1) is 0 Å². The molecule has 19 heavy (non-hydrogen) atoms. The molecule has 1 heterocycles. The number of ketones is 1. The lowest BCUT2D eigenvalue weighted by molar-refractivity contribution is -0.127. The van der Waals surface area contributed by atoms with Crippen LogP contribution in [0.3, 0.4) is 0 Å². The maximum atomic E-state index is 12.7. The van der Waals surface area contributed by atoms with Crippen LogP contribution >= 0.6 is 11.5 Å². The predicted octanol–water partition coefficient (Wildman–Crippen LogP) is -1.63. The highest BCUT2D eigenvalue weighted by atomic mass is 35.5. The lowest BCUT2D eigenvalue weighted by atomic mass is 9.27. The summed E-state index contributed by atoms with van der Waals surface area (Å²) in [4.78, 5) is 12.7. The van der Waals surface area contributed by atoms with Crippen LogP contribution in [0.2, 0.25) is 10.4 Å². The van der Waals surface area contributed by atoms with Crippen molar-refractivity contribution in [3.05, 3.63) is 29.8 Å². The molecule has 0 amide bonds. The zero-order valence-electron chi connectivity index (χ0n) is 11.7. The Morgan fingerprint density at radius 3 is 2.58 bits per heavy atom. The molecule has 1 aromatic rings. The van der Waals surface area contributed by atoms with Gasteiger partial charge in [0.2, 0.25) is 0 Å². The molecule has 2 atom stereocenters. The molecule has 2 unspecified atom stereocenters. The van der Waals surface area contributed by atoms with Crippen molar-refractivity contribution < 1.29 is 4.79 Å². The van der Waals surface area contributed by atoms with E-state index in [2.05, 4.69) is 23.5 Å². The van der Waals surface area contributed by atoms with E-state index in [1.165, 1.54) is 0 Å². The SMILES string of the molecule is BC1(B)CC(=O)C2(N)c3ccccc3B(Cl)C2(B)C1. The van der Waals surface area contributed by atoms with E-state index in [1.807, 2.05) is 24.3 Å². The second-order valence-corrected chi connectivity index (χ2v) is 7.55. The van der Waals surface area contributed by atoms with Gasteiger partial charge in [-0.2, -0.15) is 11.5 Å². The first-order valence-electron chi connectivity index (χ1n) is 6.78. The number of benzene rings is 1. The third kappa shape index (κ3) is 1.50. The molecule has 2 nitrogen and oxygen atoms in total. The molecular weight excluding hydrogens is 253 g/mol. The molecule has 1 aliphatic heterocycles. The first-order valence-corrected chi connectivity index (χ1v) is 7.22. The molecule has 1 saturated carbocycles. The van der Waals surface area contributed by atoms with Crippen molar-refractivity contribution in [2.75, 3.05) is 0 Å². The Hall–Kier alpha value is -0.600. The van der Waals surface area contributed by atoms with E-state index < -0.39 is 10.8 Å². The number of carbonyl (C=O) groups is 1. The number of fused-ring (bicyclic) bond motifs is 3. The van der Waals surface area contributed by atoms with E-state index >= 15 is 0 Å². The average Bonchev–Trinajstić information content (AvgIpc) is 2.49. The Morgan fingerprint density at radius 1 is 1.26 bits per heavy atom. The Labute approximate surface area is 122 Å². The summed E-state index contributed by atoms with van der Waals surface area (Å²) in [6.45, 7) is 0. The fraction of sp³-hybridized carbons (Fsp3) is 0.417. The standard InChI is InChI=1S/C12H16B4ClNO/c13-10(14)5-9(19)12(18)7-3-1-2-4-8(7)16(17)11(12,15)6-10/h1-4H,5-6,13-15,18H2. The molecule has 0 spiro atoms. The molecule has 2 aliphatic rings. The highest BCUT2D eigenvalue weighted by Crippen LogP contribution is 2.61. The van der Waals surface area contributed by atoms with E-state index in [0.717, 1.165) is 17.4 Å². The summed E-state index contributed by atoms with van der Waals surface area (Å²) in [5, 5.41) is -0.443. The molecule has 2 N–H and O–H groups in total. The van der Waals surface area contributed by atoms with Crippen molar-refractivity contribution in [2.24, 2.45) is 5.73 Å². The van der Waals surface area contributed by atoms with Crippen molar-refractivity contribution in [1.82, 2.24) is 0 Å². The van der Waals surface area contributed by atoms with Crippen molar-refractivity contribution in [1.29, 1.82) is 0 Å². The summed E-state index contributed by atoms with van der Waals surface area (Å²) >= 11 is 6.71. The van der Waals surface area contributed by atoms with Crippen LogP contribution in [-0.4, -0.2) is 35.5 Å². The minimum atomic E-state index is -0.925. The van der Waals surface area contributed by atoms with Crippen molar-refractivity contribution in [3.8, 4) is 0 Å². The molecule has 0 aromatic heterocycles. The summed E-state index contributed by atoms with van der Waals surface area (Å²) in [7, 11) is 6.33. The van der Waals surface area contributed by atoms with Crippen LogP contribution in [-0.2, 0) is 10.3 Å². The Balaban J connectivity index is 2.26. The third-order valence-electron chi connectivity index (χ3n) is 5.04. The zero-order chi connectivity index (χ0) is 14.1.